The van der Waals surface area contributed by atoms with E-state index >= 15 is 0 Å². The smallest absolute Gasteiger partial charge is 0.265 e. The van der Waals surface area contributed by atoms with Crippen LogP contribution in [-0.2, 0) is 10.5 Å². The predicted molar refractivity (Wildman–Crippen MR) is 119 cm³/mol. The number of amides is 1. The summed E-state index contributed by atoms with van der Waals surface area (Å²) in [5.41, 5.74) is 3.05. The number of carbonyl (C=O) groups excluding carboxylic acids is 1. The highest BCUT2D eigenvalue weighted by molar-refractivity contribution is 7.98. The Labute approximate surface area is 176 Å². The Kier molecular flexibility index (Phi) is 7.19. The molecule has 3 aromatic carbocycles. The molecule has 0 aliphatic rings. The lowest BCUT2D eigenvalue weighted by atomic mass is 10.1. The van der Waals surface area contributed by atoms with Gasteiger partial charge in [0.05, 0.1) is 7.11 Å². The van der Waals surface area contributed by atoms with Gasteiger partial charge >= 0.3 is 0 Å². The van der Waals surface area contributed by atoms with E-state index in [0.717, 1.165) is 22.8 Å². The molecule has 29 heavy (non-hydrogen) atoms. The second-order valence-corrected chi connectivity index (χ2v) is 7.72. The molecule has 0 aliphatic heterocycles. The summed E-state index contributed by atoms with van der Waals surface area (Å²) in [7, 11) is 1.61. The number of anilines is 1. The van der Waals surface area contributed by atoms with Crippen molar-refractivity contribution in [3.05, 3.63) is 83.9 Å². The third-order valence-electron chi connectivity index (χ3n) is 4.44. The number of methoxy groups -OCH3 is 1. The van der Waals surface area contributed by atoms with Crippen molar-refractivity contribution in [2.24, 2.45) is 0 Å². The van der Waals surface area contributed by atoms with Crippen molar-refractivity contribution < 1.29 is 14.3 Å². The number of nitrogens with one attached hydrogen (secondary N) is 1. The maximum atomic E-state index is 12.5. The van der Waals surface area contributed by atoms with Crippen LogP contribution in [-0.4, -0.2) is 19.1 Å². The molecule has 1 amide bonds. The first-order valence-corrected chi connectivity index (χ1v) is 10.4. The molecule has 0 saturated carbocycles. The van der Waals surface area contributed by atoms with Gasteiger partial charge in [-0.2, -0.15) is 0 Å². The summed E-state index contributed by atoms with van der Waals surface area (Å²) in [5.74, 6) is 2.07. The summed E-state index contributed by atoms with van der Waals surface area (Å²) < 4.78 is 10.9. The number of ether oxygens (including phenoxy) is 2. The van der Waals surface area contributed by atoms with Crippen LogP contribution in [0.25, 0.3) is 0 Å². The van der Waals surface area contributed by atoms with Gasteiger partial charge in [0.2, 0.25) is 0 Å². The van der Waals surface area contributed by atoms with Crippen molar-refractivity contribution in [2.75, 3.05) is 12.4 Å². The number of aryl methyl sites for hydroxylation is 1. The van der Waals surface area contributed by atoms with E-state index in [4.69, 9.17) is 9.47 Å². The number of benzene rings is 3. The summed E-state index contributed by atoms with van der Waals surface area (Å²) in [6, 6.07) is 23.6. The van der Waals surface area contributed by atoms with Crippen molar-refractivity contribution in [3.8, 4) is 11.5 Å². The van der Waals surface area contributed by atoms with E-state index < -0.39 is 6.10 Å². The molecule has 0 aromatic heterocycles. The molecule has 3 aromatic rings. The Morgan fingerprint density at radius 1 is 1.00 bits per heavy atom. The summed E-state index contributed by atoms with van der Waals surface area (Å²) in [6.07, 6.45) is -0.615. The lowest BCUT2D eigenvalue weighted by molar-refractivity contribution is -0.122. The van der Waals surface area contributed by atoms with E-state index in [2.05, 4.69) is 23.5 Å². The summed E-state index contributed by atoms with van der Waals surface area (Å²) >= 11 is 1.79. The van der Waals surface area contributed by atoms with Crippen molar-refractivity contribution in [3.63, 3.8) is 0 Å². The number of hydrogen-bond donors (Lipinski definition) is 1. The van der Waals surface area contributed by atoms with Gasteiger partial charge in [0.25, 0.3) is 5.91 Å². The molecule has 1 atom stereocenters. The van der Waals surface area contributed by atoms with Crippen LogP contribution in [0.3, 0.4) is 0 Å². The van der Waals surface area contributed by atoms with Gasteiger partial charge < -0.3 is 14.8 Å². The third kappa shape index (κ3) is 6.03. The highest BCUT2D eigenvalue weighted by atomic mass is 32.2. The second kappa shape index (κ2) is 10.0. The zero-order valence-corrected chi connectivity index (χ0v) is 17.7. The number of carbonyl (C=O) groups is 1. The van der Waals surface area contributed by atoms with Crippen molar-refractivity contribution >= 4 is 23.4 Å². The fourth-order valence-corrected chi connectivity index (χ4v) is 3.65. The van der Waals surface area contributed by atoms with Gasteiger partial charge in [-0.1, -0.05) is 30.3 Å². The highest BCUT2D eigenvalue weighted by Gasteiger charge is 2.16. The Morgan fingerprint density at radius 3 is 2.34 bits per heavy atom. The fraction of sp³-hybridized carbons (Fsp3) is 0.208. The Bertz CT molecular complexity index is 942. The van der Waals surface area contributed by atoms with Gasteiger partial charge in [-0.25, -0.2) is 0 Å². The molecular formula is C24H25NO3S. The minimum atomic E-state index is -0.615. The molecule has 0 bridgehead atoms. The van der Waals surface area contributed by atoms with Gasteiger partial charge in [0.15, 0.2) is 6.10 Å². The minimum Gasteiger partial charge on any atom is -0.497 e. The number of thioether (sulfide) groups is 1. The van der Waals surface area contributed by atoms with Crippen LogP contribution in [0.1, 0.15) is 18.1 Å². The monoisotopic (exact) mass is 407 g/mol. The van der Waals surface area contributed by atoms with E-state index in [1.54, 1.807) is 50.1 Å². The number of hydrogen-bond acceptors (Lipinski definition) is 4. The fourth-order valence-electron chi connectivity index (χ4n) is 2.79. The first-order valence-electron chi connectivity index (χ1n) is 9.44. The van der Waals surface area contributed by atoms with Crippen molar-refractivity contribution in [1.29, 1.82) is 0 Å². The topological polar surface area (TPSA) is 47.6 Å². The molecule has 0 heterocycles. The summed E-state index contributed by atoms with van der Waals surface area (Å²) in [5, 5.41) is 2.96. The molecule has 4 nitrogen and oxygen atoms in total. The Morgan fingerprint density at radius 2 is 1.69 bits per heavy atom. The Balaban J connectivity index is 1.56. The minimum absolute atomic E-state index is 0.185. The van der Waals surface area contributed by atoms with Crippen LogP contribution in [0.15, 0.2) is 77.7 Å². The lowest BCUT2D eigenvalue weighted by Gasteiger charge is -2.16. The van der Waals surface area contributed by atoms with Crippen molar-refractivity contribution in [1.82, 2.24) is 0 Å². The maximum absolute atomic E-state index is 12.5. The van der Waals surface area contributed by atoms with Crippen LogP contribution in [0.4, 0.5) is 5.69 Å². The van der Waals surface area contributed by atoms with E-state index in [0.29, 0.717) is 5.75 Å². The van der Waals surface area contributed by atoms with Gasteiger partial charge in [-0.15, -0.1) is 11.8 Å². The van der Waals surface area contributed by atoms with Gasteiger partial charge in [0.1, 0.15) is 11.5 Å². The molecular weight excluding hydrogens is 382 g/mol. The molecule has 0 spiro atoms. The van der Waals surface area contributed by atoms with Gasteiger partial charge in [-0.3, -0.25) is 4.79 Å². The molecule has 150 valence electrons. The number of rotatable bonds is 8. The molecule has 1 N–H and O–H groups in total. The zero-order valence-electron chi connectivity index (χ0n) is 16.8. The molecule has 0 saturated heterocycles. The van der Waals surface area contributed by atoms with Crippen molar-refractivity contribution in [2.45, 2.75) is 30.6 Å². The normalized spacial score (nSPS) is 11.6. The third-order valence-corrected chi connectivity index (χ3v) is 5.52. The van der Waals surface area contributed by atoms with E-state index in [1.165, 1.54) is 10.5 Å². The first-order chi connectivity index (χ1) is 14.0. The standard InChI is InChI=1S/C24H25NO3S/c1-17-15-19(16-29-22-7-5-4-6-8-22)9-14-23(17)25-24(26)18(2)28-21-12-10-20(27-3)11-13-21/h4-15,18H,16H2,1-3H3,(H,25,26)/t18-/m1/s1. The Hall–Kier alpha value is -2.92. The van der Waals surface area contributed by atoms with E-state index in [9.17, 15) is 4.79 Å². The van der Waals surface area contributed by atoms with Gasteiger partial charge in [-0.05, 0) is 67.4 Å². The molecule has 0 fully saturated rings. The van der Waals surface area contributed by atoms with Crippen LogP contribution >= 0.6 is 11.8 Å². The molecule has 0 radical (unpaired) electrons. The lowest BCUT2D eigenvalue weighted by Crippen LogP contribution is -2.30. The summed E-state index contributed by atoms with van der Waals surface area (Å²) in [4.78, 5) is 13.8. The average Bonchev–Trinajstić information content (AvgIpc) is 2.75. The highest BCUT2D eigenvalue weighted by Crippen LogP contribution is 2.25. The maximum Gasteiger partial charge on any atom is 0.265 e. The SMILES string of the molecule is COc1ccc(O[C@H](C)C(=O)Nc2ccc(CSc3ccccc3)cc2C)cc1. The molecule has 3 rings (SSSR count). The molecule has 5 heteroatoms. The predicted octanol–water partition coefficient (Wildman–Crippen LogP) is 5.70. The largest absolute Gasteiger partial charge is 0.497 e. The van der Waals surface area contributed by atoms with E-state index in [-0.39, 0.29) is 5.91 Å². The van der Waals surface area contributed by atoms with Crippen LogP contribution in [0, 0.1) is 6.92 Å². The van der Waals surface area contributed by atoms with Crippen LogP contribution in [0.5, 0.6) is 11.5 Å². The van der Waals surface area contributed by atoms with Crippen LogP contribution < -0.4 is 14.8 Å². The van der Waals surface area contributed by atoms with Gasteiger partial charge in [0, 0.05) is 16.3 Å². The zero-order chi connectivity index (χ0) is 20.6. The second-order valence-electron chi connectivity index (χ2n) is 6.68. The average molecular weight is 408 g/mol. The molecule has 0 unspecified atom stereocenters. The first kappa shape index (κ1) is 20.8. The quantitative estimate of drug-likeness (QED) is 0.487. The van der Waals surface area contributed by atoms with Crippen LogP contribution in [0.2, 0.25) is 0 Å². The molecule has 0 aliphatic carbocycles. The van der Waals surface area contributed by atoms with E-state index in [1.807, 2.05) is 37.3 Å². The summed E-state index contributed by atoms with van der Waals surface area (Å²) in [6.45, 7) is 3.74.